The summed E-state index contributed by atoms with van der Waals surface area (Å²) in [5, 5.41) is 14.0. The summed E-state index contributed by atoms with van der Waals surface area (Å²) in [6.45, 7) is 4.29. The number of phenols is 1. The Kier molecular flexibility index (Phi) is 7.59. The normalized spacial score (nSPS) is 11.7. The van der Waals surface area contributed by atoms with E-state index in [1.807, 2.05) is 66.9 Å². The van der Waals surface area contributed by atoms with Crippen LogP contribution in [0.5, 0.6) is 5.75 Å². The highest BCUT2D eigenvalue weighted by molar-refractivity contribution is 7.92. The predicted molar refractivity (Wildman–Crippen MR) is 142 cm³/mol. The van der Waals surface area contributed by atoms with E-state index < -0.39 is 10.0 Å². The van der Waals surface area contributed by atoms with Crippen molar-refractivity contribution >= 4 is 37.1 Å². The fraction of sp³-hybridized carbons (Fsp3) is 0.286. The largest absolute Gasteiger partial charge is 0.507 e. The van der Waals surface area contributed by atoms with E-state index in [0.717, 1.165) is 46.9 Å². The van der Waals surface area contributed by atoms with Gasteiger partial charge in [0.1, 0.15) is 5.75 Å². The lowest BCUT2D eigenvalue weighted by Gasteiger charge is -2.28. The highest BCUT2D eigenvalue weighted by Gasteiger charge is 2.29. The molecule has 1 heterocycles. The fourth-order valence-electron chi connectivity index (χ4n) is 4.21. The first-order chi connectivity index (χ1) is 16.4. The van der Waals surface area contributed by atoms with Gasteiger partial charge in [-0.25, -0.2) is 8.42 Å². The van der Waals surface area contributed by atoms with Crippen molar-refractivity contribution < 1.29 is 13.5 Å². The van der Waals surface area contributed by atoms with Gasteiger partial charge < -0.3 is 5.11 Å². The average molecular weight is 494 g/mol. The van der Waals surface area contributed by atoms with Crippen LogP contribution in [-0.4, -0.2) is 13.5 Å². The molecule has 3 aromatic carbocycles. The monoisotopic (exact) mass is 493 g/mol. The van der Waals surface area contributed by atoms with Crippen LogP contribution in [0.25, 0.3) is 10.1 Å². The molecule has 178 valence electrons. The maximum absolute atomic E-state index is 14.0. The summed E-state index contributed by atoms with van der Waals surface area (Å²) >= 11 is 1.51. The van der Waals surface area contributed by atoms with Crippen molar-refractivity contribution in [1.29, 1.82) is 0 Å². The summed E-state index contributed by atoms with van der Waals surface area (Å²) in [5.41, 5.74) is 3.16. The number of aryl methyl sites for hydroxylation is 1. The Hall–Kier alpha value is -2.83. The number of thiophene rings is 1. The smallest absolute Gasteiger partial charge is 0.264 e. The Labute approximate surface area is 206 Å². The van der Waals surface area contributed by atoms with Crippen LogP contribution in [0.2, 0.25) is 0 Å². The topological polar surface area (TPSA) is 57.6 Å². The molecule has 0 saturated carbocycles. The average Bonchev–Trinajstić information content (AvgIpc) is 3.31. The number of anilines is 1. The molecule has 1 N–H and O–H groups in total. The minimum atomic E-state index is -3.87. The molecule has 0 bridgehead atoms. The molecule has 0 spiro atoms. The third-order valence-corrected chi connectivity index (χ3v) is 8.78. The van der Waals surface area contributed by atoms with Crippen LogP contribution in [0.3, 0.4) is 0 Å². The van der Waals surface area contributed by atoms with Crippen molar-refractivity contribution in [1.82, 2.24) is 0 Å². The van der Waals surface area contributed by atoms with Crippen LogP contribution < -0.4 is 4.31 Å². The van der Waals surface area contributed by atoms with Gasteiger partial charge in [-0.1, -0.05) is 74.2 Å². The maximum Gasteiger partial charge on any atom is 0.264 e. The molecular weight excluding hydrogens is 462 g/mol. The lowest BCUT2D eigenvalue weighted by molar-refractivity contribution is 0.473. The van der Waals surface area contributed by atoms with Gasteiger partial charge in [0.2, 0.25) is 0 Å². The molecule has 1 aromatic heterocycles. The van der Waals surface area contributed by atoms with Gasteiger partial charge in [0, 0.05) is 15.6 Å². The number of hydrogen-bond donors (Lipinski definition) is 1. The van der Waals surface area contributed by atoms with Gasteiger partial charge in [-0.3, -0.25) is 4.31 Å². The van der Waals surface area contributed by atoms with Crippen LogP contribution >= 0.6 is 11.3 Å². The minimum Gasteiger partial charge on any atom is -0.507 e. The number of benzene rings is 3. The van der Waals surface area contributed by atoms with Gasteiger partial charge in [-0.15, -0.1) is 11.3 Å². The Balaban J connectivity index is 1.88. The number of hydrogen-bond acceptors (Lipinski definition) is 4. The van der Waals surface area contributed by atoms with Crippen LogP contribution in [-0.2, 0) is 23.0 Å². The number of aromatic hydroxyl groups is 1. The molecule has 0 saturated heterocycles. The first-order valence-corrected chi connectivity index (χ1v) is 14.1. The number of fused-ring (bicyclic) bond motifs is 1. The molecule has 0 atom stereocenters. The van der Waals surface area contributed by atoms with Gasteiger partial charge in [0.25, 0.3) is 10.0 Å². The first kappa shape index (κ1) is 24.3. The van der Waals surface area contributed by atoms with E-state index in [2.05, 4.69) is 6.92 Å². The van der Waals surface area contributed by atoms with Gasteiger partial charge in [-0.2, -0.15) is 0 Å². The zero-order chi connectivity index (χ0) is 24.1. The van der Waals surface area contributed by atoms with E-state index in [-0.39, 0.29) is 17.2 Å². The number of nitrogens with zero attached hydrogens (tertiary/aromatic N) is 1. The number of unbranched alkanes of at least 4 members (excludes halogenated alkanes) is 3. The summed E-state index contributed by atoms with van der Waals surface area (Å²) in [4.78, 5) is 0.247. The van der Waals surface area contributed by atoms with Crippen molar-refractivity contribution in [3.63, 3.8) is 0 Å². The van der Waals surface area contributed by atoms with Gasteiger partial charge >= 0.3 is 0 Å². The summed E-state index contributed by atoms with van der Waals surface area (Å²) < 4.78 is 30.4. The molecule has 0 radical (unpaired) electrons. The maximum atomic E-state index is 14.0. The van der Waals surface area contributed by atoms with E-state index >= 15 is 0 Å². The van der Waals surface area contributed by atoms with Crippen molar-refractivity contribution in [3.05, 3.63) is 88.8 Å². The molecule has 4 aromatic rings. The molecule has 6 heteroatoms. The van der Waals surface area contributed by atoms with Gasteiger partial charge in [0.15, 0.2) is 0 Å². The lowest BCUT2D eigenvalue weighted by atomic mass is 10.0. The van der Waals surface area contributed by atoms with Crippen molar-refractivity contribution in [3.8, 4) is 5.75 Å². The quantitative estimate of drug-likeness (QED) is 0.234. The summed E-state index contributed by atoms with van der Waals surface area (Å²) in [6, 6.07) is 20.4. The lowest BCUT2D eigenvalue weighted by Crippen LogP contribution is -2.31. The molecule has 4 nitrogen and oxygen atoms in total. The number of phenolic OH excluding ortho intramolecular Hbond substituents is 1. The molecular formula is C28H31NO3S2. The zero-order valence-corrected chi connectivity index (χ0v) is 21.3. The van der Waals surface area contributed by atoms with Gasteiger partial charge in [-0.05, 0) is 55.0 Å². The summed E-state index contributed by atoms with van der Waals surface area (Å²) in [5.74, 6) is 0.197. The Bertz CT molecular complexity index is 1340. The van der Waals surface area contributed by atoms with Crippen LogP contribution in [0.1, 0.15) is 49.3 Å². The third kappa shape index (κ3) is 5.13. The fourth-order valence-corrected chi connectivity index (χ4v) is 6.50. The Morgan fingerprint density at radius 1 is 0.941 bits per heavy atom. The standard InChI is InChI=1S/C28H31NO3S2/c1-3-4-5-9-12-24-26(19-27-25(28(24)30)17-18-33-27)29(20-22-10-7-6-8-11-22)34(31,32)23-15-13-21(2)14-16-23/h6-8,10-11,13-19,30H,3-5,9,12,20H2,1-2H3. The SMILES string of the molecule is CCCCCCc1c(N(Cc2ccccc2)S(=O)(=O)c2ccc(C)cc2)cc2sccc2c1O. The molecule has 4 rings (SSSR count). The molecule has 0 fully saturated rings. The summed E-state index contributed by atoms with van der Waals surface area (Å²) in [7, 11) is -3.87. The number of rotatable bonds is 10. The molecule has 0 aliphatic rings. The third-order valence-electron chi connectivity index (χ3n) is 6.14. The number of sulfonamides is 1. The second kappa shape index (κ2) is 10.6. The van der Waals surface area contributed by atoms with E-state index in [0.29, 0.717) is 17.7 Å². The first-order valence-electron chi connectivity index (χ1n) is 11.8. The van der Waals surface area contributed by atoms with Crippen LogP contribution in [0.15, 0.2) is 77.0 Å². The molecule has 34 heavy (non-hydrogen) atoms. The van der Waals surface area contributed by atoms with E-state index in [1.165, 1.54) is 15.6 Å². The van der Waals surface area contributed by atoms with E-state index in [4.69, 9.17) is 0 Å². The Morgan fingerprint density at radius 2 is 1.68 bits per heavy atom. The minimum absolute atomic E-state index is 0.190. The second-order valence-electron chi connectivity index (χ2n) is 8.68. The van der Waals surface area contributed by atoms with E-state index in [9.17, 15) is 13.5 Å². The molecule has 0 unspecified atom stereocenters. The predicted octanol–water partition coefficient (Wildman–Crippen LogP) is 7.43. The zero-order valence-electron chi connectivity index (χ0n) is 19.7. The molecule has 0 amide bonds. The van der Waals surface area contributed by atoms with E-state index in [1.54, 1.807) is 12.1 Å². The second-order valence-corrected chi connectivity index (χ2v) is 11.5. The summed E-state index contributed by atoms with van der Waals surface area (Å²) in [6.07, 6.45) is 4.80. The van der Waals surface area contributed by atoms with Crippen molar-refractivity contribution in [2.75, 3.05) is 4.31 Å². The highest BCUT2D eigenvalue weighted by atomic mass is 32.2. The Morgan fingerprint density at radius 3 is 2.38 bits per heavy atom. The van der Waals surface area contributed by atoms with Gasteiger partial charge in [0.05, 0.1) is 17.1 Å². The van der Waals surface area contributed by atoms with Crippen molar-refractivity contribution in [2.45, 2.75) is 57.4 Å². The molecule has 0 aliphatic carbocycles. The molecule has 0 aliphatic heterocycles. The van der Waals surface area contributed by atoms with Crippen LogP contribution in [0.4, 0.5) is 5.69 Å². The van der Waals surface area contributed by atoms with Crippen molar-refractivity contribution in [2.24, 2.45) is 0 Å². The highest BCUT2D eigenvalue weighted by Crippen LogP contribution is 2.42. The van der Waals surface area contributed by atoms with Crippen LogP contribution in [0, 0.1) is 6.92 Å².